The molecule has 8 nitrogen and oxygen atoms in total. The largest absolute Gasteiger partial charge is 0.427 e. The Labute approximate surface area is 210 Å². The van der Waals surface area contributed by atoms with Gasteiger partial charge in [-0.3, -0.25) is 19.2 Å². The Morgan fingerprint density at radius 1 is 0.556 bits per heavy atom. The fourth-order valence-corrected chi connectivity index (χ4v) is 3.89. The van der Waals surface area contributed by atoms with Crippen molar-refractivity contribution in [2.45, 2.75) is 65.2 Å². The van der Waals surface area contributed by atoms with Crippen LogP contribution < -0.4 is 18.9 Å². The molecule has 0 N–H and O–H groups in total. The van der Waals surface area contributed by atoms with Gasteiger partial charge >= 0.3 is 23.9 Å². The third-order valence-corrected chi connectivity index (χ3v) is 5.85. The van der Waals surface area contributed by atoms with Crippen molar-refractivity contribution in [2.75, 3.05) is 0 Å². The Morgan fingerprint density at radius 2 is 0.833 bits per heavy atom. The van der Waals surface area contributed by atoms with Crippen LogP contribution in [0.25, 0.3) is 0 Å². The quantitative estimate of drug-likeness (QED) is 0.317. The zero-order chi connectivity index (χ0) is 25.9. The normalized spacial score (nSPS) is 17.1. The van der Waals surface area contributed by atoms with Gasteiger partial charge in [-0.05, 0) is 87.1 Å². The van der Waals surface area contributed by atoms with E-state index in [1.54, 1.807) is 48.5 Å². The summed E-state index contributed by atoms with van der Waals surface area (Å²) in [6.45, 7) is 3.80. The highest BCUT2D eigenvalue weighted by atomic mass is 16.5. The highest BCUT2D eigenvalue weighted by Gasteiger charge is 2.32. The first-order valence-corrected chi connectivity index (χ1v) is 12.4. The summed E-state index contributed by atoms with van der Waals surface area (Å²) in [6.07, 6.45) is 4.20. The van der Waals surface area contributed by atoms with Crippen LogP contribution in [-0.4, -0.2) is 23.9 Å². The molecule has 2 aromatic rings. The molecule has 36 heavy (non-hydrogen) atoms. The number of ether oxygens (including phenoxy) is 4. The van der Waals surface area contributed by atoms with Gasteiger partial charge in [0.05, 0.1) is 11.8 Å². The van der Waals surface area contributed by atoms with E-state index in [1.807, 2.05) is 13.8 Å². The zero-order valence-corrected chi connectivity index (χ0v) is 20.7. The van der Waals surface area contributed by atoms with Crippen LogP contribution in [-0.2, 0) is 19.2 Å². The molecule has 3 rings (SSSR count). The molecule has 0 bridgehead atoms. The molecule has 0 radical (unpaired) electrons. The molecular weight excluding hydrogens is 464 g/mol. The molecule has 2 aromatic carbocycles. The maximum absolute atomic E-state index is 12.6. The van der Waals surface area contributed by atoms with E-state index in [9.17, 15) is 19.2 Å². The van der Waals surface area contributed by atoms with Gasteiger partial charge in [-0.15, -0.1) is 0 Å². The first-order chi connectivity index (χ1) is 17.4. The number of benzene rings is 2. The van der Waals surface area contributed by atoms with Crippen LogP contribution in [0.4, 0.5) is 0 Å². The second-order valence-corrected chi connectivity index (χ2v) is 8.78. The van der Waals surface area contributed by atoms with Crippen molar-refractivity contribution in [3.05, 3.63) is 48.5 Å². The first kappa shape index (κ1) is 26.9. The van der Waals surface area contributed by atoms with Crippen LogP contribution in [0.15, 0.2) is 48.5 Å². The summed E-state index contributed by atoms with van der Waals surface area (Å²) in [4.78, 5) is 48.3. The summed E-state index contributed by atoms with van der Waals surface area (Å²) in [5.74, 6) is -0.331. The van der Waals surface area contributed by atoms with E-state index in [0.717, 1.165) is 0 Å². The number of esters is 4. The van der Waals surface area contributed by atoms with Gasteiger partial charge < -0.3 is 18.9 Å². The zero-order valence-electron chi connectivity index (χ0n) is 20.7. The van der Waals surface area contributed by atoms with Gasteiger partial charge in [0.25, 0.3) is 0 Å². The molecular formula is C28H32O8. The molecule has 0 spiro atoms. The van der Waals surface area contributed by atoms with Crippen LogP contribution in [0.2, 0.25) is 0 Å². The van der Waals surface area contributed by atoms with Crippen LogP contribution in [0.5, 0.6) is 23.0 Å². The lowest BCUT2D eigenvalue weighted by molar-refractivity contribution is -0.145. The van der Waals surface area contributed by atoms with Gasteiger partial charge in [0.15, 0.2) is 0 Å². The summed E-state index contributed by atoms with van der Waals surface area (Å²) in [5, 5.41) is 0. The fraction of sp³-hybridized carbons (Fsp3) is 0.429. The smallest absolute Gasteiger partial charge is 0.314 e. The van der Waals surface area contributed by atoms with Crippen molar-refractivity contribution in [3.63, 3.8) is 0 Å². The Bertz CT molecular complexity index is 949. The minimum Gasteiger partial charge on any atom is -0.427 e. The fourth-order valence-electron chi connectivity index (χ4n) is 3.89. The van der Waals surface area contributed by atoms with Gasteiger partial charge in [0, 0.05) is 12.8 Å². The molecule has 0 saturated heterocycles. The van der Waals surface area contributed by atoms with Gasteiger partial charge in [0.1, 0.15) is 23.0 Å². The Balaban J connectivity index is 1.42. The second-order valence-electron chi connectivity index (χ2n) is 8.78. The monoisotopic (exact) mass is 496 g/mol. The second kappa shape index (κ2) is 13.4. The summed E-state index contributed by atoms with van der Waals surface area (Å²) >= 11 is 0. The lowest BCUT2D eigenvalue weighted by Gasteiger charge is -2.25. The van der Waals surface area contributed by atoms with E-state index in [2.05, 4.69) is 0 Å². The Morgan fingerprint density at radius 3 is 1.11 bits per heavy atom. The summed E-state index contributed by atoms with van der Waals surface area (Å²) < 4.78 is 21.3. The van der Waals surface area contributed by atoms with Crippen molar-refractivity contribution in [3.8, 4) is 23.0 Å². The lowest BCUT2D eigenvalue weighted by Crippen LogP contribution is -2.30. The molecule has 0 aliphatic heterocycles. The van der Waals surface area contributed by atoms with E-state index in [-0.39, 0.29) is 35.7 Å². The van der Waals surface area contributed by atoms with E-state index < -0.39 is 0 Å². The van der Waals surface area contributed by atoms with E-state index in [4.69, 9.17) is 18.9 Å². The molecule has 0 amide bonds. The molecule has 1 saturated carbocycles. The number of hydrogen-bond acceptors (Lipinski definition) is 8. The Hall–Kier alpha value is -3.68. The number of carbonyl (C=O) groups is 4. The van der Waals surface area contributed by atoms with Gasteiger partial charge in [-0.25, -0.2) is 0 Å². The molecule has 1 aliphatic rings. The predicted octanol–water partition coefficient (Wildman–Crippen LogP) is 5.42. The molecule has 192 valence electrons. The third-order valence-electron chi connectivity index (χ3n) is 5.85. The van der Waals surface area contributed by atoms with Gasteiger partial charge in [-0.1, -0.05) is 13.8 Å². The summed E-state index contributed by atoms with van der Waals surface area (Å²) in [7, 11) is 0. The average molecular weight is 497 g/mol. The minimum atomic E-state index is -0.342. The third kappa shape index (κ3) is 8.22. The average Bonchev–Trinajstić information content (AvgIpc) is 2.87. The van der Waals surface area contributed by atoms with E-state index in [0.29, 0.717) is 74.4 Å². The van der Waals surface area contributed by atoms with Gasteiger partial charge in [-0.2, -0.15) is 0 Å². The van der Waals surface area contributed by atoms with Crippen LogP contribution in [0.3, 0.4) is 0 Å². The van der Waals surface area contributed by atoms with Crippen molar-refractivity contribution in [1.82, 2.24) is 0 Å². The lowest BCUT2D eigenvalue weighted by atomic mass is 9.82. The Kier molecular flexibility index (Phi) is 10.0. The topological polar surface area (TPSA) is 105 Å². The van der Waals surface area contributed by atoms with Crippen molar-refractivity contribution in [1.29, 1.82) is 0 Å². The van der Waals surface area contributed by atoms with Crippen molar-refractivity contribution in [2.24, 2.45) is 11.8 Å². The maximum atomic E-state index is 12.6. The number of carbonyl (C=O) groups excluding carboxylic acids is 4. The highest BCUT2D eigenvalue weighted by molar-refractivity contribution is 5.78. The predicted molar refractivity (Wildman–Crippen MR) is 131 cm³/mol. The summed E-state index contributed by atoms with van der Waals surface area (Å²) in [6, 6.07) is 12.7. The molecule has 1 aliphatic carbocycles. The highest BCUT2D eigenvalue weighted by Crippen LogP contribution is 2.32. The van der Waals surface area contributed by atoms with Crippen LogP contribution in [0, 0.1) is 11.8 Å². The SMILES string of the molecule is CCCC(=O)Oc1ccc(OC(=O)C2CCC(C(=O)Oc3ccc(OC(=O)CCC)cc3)CC2)cc1. The summed E-state index contributed by atoms with van der Waals surface area (Å²) in [5.41, 5.74) is 0. The molecule has 0 atom stereocenters. The minimum absolute atomic E-state index is 0.298. The first-order valence-electron chi connectivity index (χ1n) is 12.4. The van der Waals surface area contributed by atoms with Crippen molar-refractivity contribution >= 4 is 23.9 Å². The number of hydrogen-bond donors (Lipinski definition) is 0. The maximum Gasteiger partial charge on any atom is 0.314 e. The van der Waals surface area contributed by atoms with Crippen LogP contribution >= 0.6 is 0 Å². The van der Waals surface area contributed by atoms with E-state index >= 15 is 0 Å². The van der Waals surface area contributed by atoms with Crippen molar-refractivity contribution < 1.29 is 38.1 Å². The molecule has 1 fully saturated rings. The molecule has 0 aromatic heterocycles. The van der Waals surface area contributed by atoms with Crippen LogP contribution in [0.1, 0.15) is 65.2 Å². The standard InChI is InChI=1S/C28H32O8/c1-3-5-25(29)33-21-11-15-23(16-12-21)35-27(31)19-7-9-20(10-8-19)28(32)36-24-17-13-22(14-18-24)34-26(30)6-4-2/h11-20H,3-10H2,1-2H3. The molecule has 8 heteroatoms. The van der Waals surface area contributed by atoms with Gasteiger partial charge in [0.2, 0.25) is 0 Å². The molecule has 0 heterocycles. The molecule has 0 unspecified atom stereocenters. The van der Waals surface area contributed by atoms with E-state index in [1.165, 1.54) is 0 Å². The number of rotatable bonds is 10.